The fraction of sp³-hybridized carbons (Fsp3) is 0.267. The number of ether oxygens (including phenoxy) is 1. The van der Waals surface area contributed by atoms with Crippen LogP contribution in [0.25, 0.3) is 10.9 Å². The number of amides is 1. The van der Waals surface area contributed by atoms with Gasteiger partial charge >= 0.3 is 5.97 Å². The van der Waals surface area contributed by atoms with Gasteiger partial charge in [-0.2, -0.15) is 5.26 Å². The molecule has 0 aliphatic carbocycles. The van der Waals surface area contributed by atoms with Crippen molar-refractivity contribution in [1.29, 1.82) is 5.26 Å². The lowest BCUT2D eigenvalue weighted by atomic mass is 10.2. The van der Waals surface area contributed by atoms with Gasteiger partial charge in [0.15, 0.2) is 6.61 Å². The van der Waals surface area contributed by atoms with Crippen molar-refractivity contribution in [2.24, 2.45) is 0 Å². The Kier molecular flexibility index (Phi) is 4.57. The molecule has 0 radical (unpaired) electrons. The monoisotopic (exact) mass is 285 g/mol. The van der Waals surface area contributed by atoms with Crippen molar-refractivity contribution >= 4 is 22.8 Å². The fourth-order valence-corrected chi connectivity index (χ4v) is 1.90. The number of hydrogen-bond donors (Lipinski definition) is 1. The van der Waals surface area contributed by atoms with Gasteiger partial charge in [-0.15, -0.1) is 0 Å². The van der Waals surface area contributed by atoms with Crippen LogP contribution in [0, 0.1) is 11.3 Å². The van der Waals surface area contributed by atoms with E-state index < -0.39 is 5.97 Å². The van der Waals surface area contributed by atoms with E-state index in [0.717, 1.165) is 10.9 Å². The smallest absolute Gasteiger partial charge is 0.340 e. The summed E-state index contributed by atoms with van der Waals surface area (Å²) >= 11 is 0. The molecular weight excluding hydrogens is 270 g/mol. The first-order valence-electron chi connectivity index (χ1n) is 6.47. The topological polar surface area (TPSA) is 86.2 Å². The third-order valence-electron chi connectivity index (χ3n) is 3.12. The number of benzene rings is 1. The molecule has 21 heavy (non-hydrogen) atoms. The molecule has 0 saturated heterocycles. The Morgan fingerprint density at radius 3 is 2.90 bits per heavy atom. The summed E-state index contributed by atoms with van der Waals surface area (Å²) in [7, 11) is 1.57. The Hall–Kier alpha value is -2.81. The van der Waals surface area contributed by atoms with Crippen molar-refractivity contribution < 1.29 is 14.3 Å². The average molecular weight is 285 g/mol. The molecule has 0 unspecified atom stereocenters. The van der Waals surface area contributed by atoms with Crippen LogP contribution in [0.1, 0.15) is 16.8 Å². The zero-order valence-corrected chi connectivity index (χ0v) is 11.6. The zero-order chi connectivity index (χ0) is 15.2. The standard InChI is InChI=1S/C15H15N3O3/c1-18(8-4-7-16)14(19)10-21-15(20)12-9-17-13-6-3-2-5-11(12)13/h2-3,5-6,9,17H,4,8,10H2,1H3. The highest BCUT2D eigenvalue weighted by molar-refractivity contribution is 6.04. The molecule has 2 rings (SSSR count). The van der Waals surface area contributed by atoms with Crippen molar-refractivity contribution in [2.45, 2.75) is 6.42 Å². The first kappa shape index (κ1) is 14.6. The molecule has 0 aliphatic heterocycles. The van der Waals surface area contributed by atoms with E-state index in [9.17, 15) is 9.59 Å². The highest BCUT2D eigenvalue weighted by Crippen LogP contribution is 2.18. The number of nitriles is 1. The van der Waals surface area contributed by atoms with Gasteiger partial charge in [0, 0.05) is 30.7 Å². The lowest BCUT2D eigenvalue weighted by molar-refractivity contribution is -0.133. The largest absolute Gasteiger partial charge is 0.452 e. The predicted molar refractivity (Wildman–Crippen MR) is 76.4 cm³/mol. The molecule has 2 aromatic rings. The first-order chi connectivity index (χ1) is 10.1. The molecule has 6 nitrogen and oxygen atoms in total. The predicted octanol–water partition coefficient (Wildman–Crippen LogP) is 1.70. The molecule has 0 bridgehead atoms. The van der Waals surface area contributed by atoms with E-state index in [1.54, 1.807) is 13.2 Å². The summed E-state index contributed by atoms with van der Waals surface area (Å²) in [6.45, 7) is -0.0137. The van der Waals surface area contributed by atoms with Crippen molar-refractivity contribution in [1.82, 2.24) is 9.88 Å². The van der Waals surface area contributed by atoms with Gasteiger partial charge in [0.05, 0.1) is 18.1 Å². The SMILES string of the molecule is CN(CCC#N)C(=O)COC(=O)c1c[nH]c2ccccc12. The molecule has 1 aromatic heterocycles. The number of fused-ring (bicyclic) bond motifs is 1. The molecule has 1 amide bonds. The summed E-state index contributed by atoms with van der Waals surface area (Å²) in [5.74, 6) is -0.882. The molecule has 1 aromatic carbocycles. The van der Waals surface area contributed by atoms with Gasteiger partial charge in [0.2, 0.25) is 0 Å². The van der Waals surface area contributed by atoms with Crippen LogP contribution >= 0.6 is 0 Å². The number of aromatic nitrogens is 1. The number of carbonyl (C=O) groups is 2. The minimum Gasteiger partial charge on any atom is -0.452 e. The second-order valence-corrected chi connectivity index (χ2v) is 4.55. The van der Waals surface area contributed by atoms with Crippen LogP contribution in [0.5, 0.6) is 0 Å². The number of esters is 1. The first-order valence-corrected chi connectivity index (χ1v) is 6.47. The Balaban J connectivity index is 1.96. The number of carbonyl (C=O) groups excluding carboxylic acids is 2. The van der Waals surface area contributed by atoms with E-state index in [1.807, 2.05) is 30.3 Å². The van der Waals surface area contributed by atoms with Gasteiger partial charge in [-0.3, -0.25) is 4.79 Å². The van der Waals surface area contributed by atoms with Gasteiger partial charge in [0.1, 0.15) is 0 Å². The number of nitrogens with zero attached hydrogens (tertiary/aromatic N) is 2. The number of hydrogen-bond acceptors (Lipinski definition) is 4. The maximum atomic E-state index is 12.0. The van der Waals surface area contributed by atoms with Crippen LogP contribution in [0.15, 0.2) is 30.5 Å². The molecular formula is C15H15N3O3. The summed E-state index contributed by atoms with van der Waals surface area (Å²) in [6.07, 6.45) is 1.81. The molecule has 1 N–H and O–H groups in total. The van der Waals surface area contributed by atoms with Crippen LogP contribution in [-0.2, 0) is 9.53 Å². The van der Waals surface area contributed by atoms with Gasteiger partial charge in [-0.25, -0.2) is 4.79 Å². The summed E-state index contributed by atoms with van der Waals surface area (Å²) in [5.41, 5.74) is 1.24. The maximum Gasteiger partial charge on any atom is 0.340 e. The molecule has 0 atom stereocenters. The Labute approximate surface area is 121 Å². The van der Waals surface area contributed by atoms with Gasteiger partial charge < -0.3 is 14.6 Å². The second kappa shape index (κ2) is 6.57. The van der Waals surface area contributed by atoms with E-state index in [0.29, 0.717) is 12.1 Å². The number of nitrogens with one attached hydrogen (secondary N) is 1. The van der Waals surface area contributed by atoms with E-state index >= 15 is 0 Å². The van der Waals surface area contributed by atoms with Gasteiger partial charge in [0.25, 0.3) is 5.91 Å². The summed E-state index contributed by atoms with van der Waals surface area (Å²) < 4.78 is 5.02. The molecule has 0 saturated carbocycles. The van der Waals surface area contributed by atoms with Crippen LogP contribution < -0.4 is 0 Å². The Morgan fingerprint density at radius 2 is 2.14 bits per heavy atom. The number of rotatable bonds is 5. The molecule has 0 fully saturated rings. The van der Waals surface area contributed by atoms with Crippen molar-refractivity contribution in [3.8, 4) is 6.07 Å². The molecule has 6 heteroatoms. The number of aromatic amines is 1. The molecule has 0 aliphatic rings. The van der Waals surface area contributed by atoms with E-state index in [1.165, 1.54) is 4.90 Å². The van der Waals surface area contributed by atoms with Gasteiger partial charge in [-0.1, -0.05) is 18.2 Å². The molecule has 1 heterocycles. The molecule has 108 valence electrons. The minimum absolute atomic E-state index is 0.249. The fourth-order valence-electron chi connectivity index (χ4n) is 1.90. The minimum atomic E-state index is -0.547. The quantitative estimate of drug-likeness (QED) is 0.847. The zero-order valence-electron chi connectivity index (χ0n) is 11.6. The third kappa shape index (κ3) is 3.39. The van der Waals surface area contributed by atoms with Crippen molar-refractivity contribution in [3.63, 3.8) is 0 Å². The van der Waals surface area contributed by atoms with Crippen LogP contribution in [-0.4, -0.2) is 42.0 Å². The van der Waals surface area contributed by atoms with E-state index in [4.69, 9.17) is 10.00 Å². The lowest BCUT2D eigenvalue weighted by Gasteiger charge is -2.15. The number of likely N-dealkylation sites (N-methyl/N-ethyl adjacent to an activating group) is 1. The van der Waals surface area contributed by atoms with Crippen molar-refractivity contribution in [3.05, 3.63) is 36.0 Å². The number of para-hydroxylation sites is 1. The summed E-state index contributed by atoms with van der Waals surface area (Å²) in [5, 5.41) is 9.22. The summed E-state index contributed by atoms with van der Waals surface area (Å²) in [4.78, 5) is 28.1. The highest BCUT2D eigenvalue weighted by atomic mass is 16.5. The normalized spacial score (nSPS) is 10.1. The Bertz CT molecular complexity index is 699. The van der Waals surface area contributed by atoms with E-state index in [-0.39, 0.29) is 18.9 Å². The third-order valence-corrected chi connectivity index (χ3v) is 3.12. The number of H-pyrrole nitrogens is 1. The lowest BCUT2D eigenvalue weighted by Crippen LogP contribution is -2.31. The average Bonchev–Trinajstić information content (AvgIpc) is 2.93. The highest BCUT2D eigenvalue weighted by Gasteiger charge is 2.16. The molecule has 0 spiro atoms. The van der Waals surface area contributed by atoms with Gasteiger partial charge in [-0.05, 0) is 6.07 Å². The van der Waals surface area contributed by atoms with Crippen LogP contribution in [0.3, 0.4) is 0 Å². The Morgan fingerprint density at radius 1 is 1.38 bits per heavy atom. The summed E-state index contributed by atoms with van der Waals surface area (Å²) in [6, 6.07) is 9.31. The van der Waals surface area contributed by atoms with E-state index in [2.05, 4.69) is 4.98 Å². The van der Waals surface area contributed by atoms with Crippen molar-refractivity contribution in [2.75, 3.05) is 20.2 Å². The second-order valence-electron chi connectivity index (χ2n) is 4.55. The maximum absolute atomic E-state index is 12.0. The van der Waals surface area contributed by atoms with Crippen LogP contribution in [0.4, 0.5) is 0 Å². The van der Waals surface area contributed by atoms with Crippen LogP contribution in [0.2, 0.25) is 0 Å².